The van der Waals surface area contributed by atoms with Gasteiger partial charge in [0, 0.05) is 26.2 Å². The van der Waals surface area contributed by atoms with Crippen LogP contribution in [0.5, 0.6) is 0 Å². The molecule has 0 radical (unpaired) electrons. The summed E-state index contributed by atoms with van der Waals surface area (Å²) in [7, 11) is 0. The topological polar surface area (TPSA) is 78.6 Å². The van der Waals surface area contributed by atoms with Gasteiger partial charge in [0.05, 0.1) is 12.1 Å². The lowest BCUT2D eigenvalue weighted by Gasteiger charge is -2.30. The van der Waals surface area contributed by atoms with Gasteiger partial charge >= 0.3 is 0 Å². The Morgan fingerprint density at radius 2 is 1.88 bits per heavy atom. The minimum atomic E-state index is -0.520. The number of hydrogen-bond donors (Lipinski definition) is 3. The molecular formula is C19H31N3O2. The molecule has 4 N–H and O–H groups in total. The van der Waals surface area contributed by atoms with Gasteiger partial charge in [-0.15, -0.1) is 0 Å². The van der Waals surface area contributed by atoms with Crippen LogP contribution in [0.15, 0.2) is 24.3 Å². The van der Waals surface area contributed by atoms with Crippen molar-refractivity contribution in [2.45, 2.75) is 58.8 Å². The molecule has 0 bridgehead atoms. The van der Waals surface area contributed by atoms with Gasteiger partial charge in [-0.3, -0.25) is 9.69 Å². The maximum atomic E-state index is 12.2. The fourth-order valence-electron chi connectivity index (χ4n) is 2.89. The minimum Gasteiger partial charge on any atom is -0.393 e. The summed E-state index contributed by atoms with van der Waals surface area (Å²) in [5.41, 5.74) is 8.11. The van der Waals surface area contributed by atoms with Crippen molar-refractivity contribution in [2.24, 2.45) is 11.1 Å². The molecule has 5 heteroatoms. The van der Waals surface area contributed by atoms with Gasteiger partial charge in [0.1, 0.15) is 0 Å². The number of nitrogens with zero attached hydrogens (tertiary/aromatic N) is 1. The van der Waals surface area contributed by atoms with Crippen LogP contribution in [0.3, 0.4) is 0 Å². The maximum absolute atomic E-state index is 12.2. The summed E-state index contributed by atoms with van der Waals surface area (Å²) in [5, 5.41) is 12.6. The largest absolute Gasteiger partial charge is 0.393 e. The first-order valence-electron chi connectivity index (χ1n) is 8.78. The van der Waals surface area contributed by atoms with E-state index in [1.807, 2.05) is 32.9 Å². The van der Waals surface area contributed by atoms with E-state index >= 15 is 0 Å². The monoisotopic (exact) mass is 333 g/mol. The third-order valence-corrected chi connectivity index (χ3v) is 4.74. The SMILES string of the molecule is CC(C)(C)[C@H](N)C(=O)NCc1ccccc1CN1CCC(O)CC1. The number of carbonyl (C=O) groups excluding carboxylic acids is 1. The first-order valence-corrected chi connectivity index (χ1v) is 8.78. The van der Waals surface area contributed by atoms with E-state index in [1.165, 1.54) is 5.56 Å². The minimum absolute atomic E-state index is 0.113. The number of nitrogens with one attached hydrogen (secondary N) is 1. The summed E-state index contributed by atoms with van der Waals surface area (Å²) >= 11 is 0. The third kappa shape index (κ3) is 5.30. The van der Waals surface area contributed by atoms with E-state index < -0.39 is 6.04 Å². The van der Waals surface area contributed by atoms with Crippen LogP contribution in [-0.2, 0) is 17.9 Å². The number of aliphatic hydroxyl groups is 1. The van der Waals surface area contributed by atoms with Crippen molar-refractivity contribution in [1.29, 1.82) is 0 Å². The Bertz CT molecular complexity index is 546. The highest BCUT2D eigenvalue weighted by Gasteiger charge is 2.27. The van der Waals surface area contributed by atoms with Crippen LogP contribution in [-0.4, -0.2) is 41.1 Å². The van der Waals surface area contributed by atoms with E-state index in [1.54, 1.807) is 0 Å². The highest BCUT2D eigenvalue weighted by Crippen LogP contribution is 2.19. The molecule has 1 aliphatic rings. The van der Waals surface area contributed by atoms with Crippen LogP contribution >= 0.6 is 0 Å². The Kier molecular flexibility index (Phi) is 6.38. The predicted octanol–water partition coefficient (Wildman–Crippen LogP) is 1.63. The Labute approximate surface area is 145 Å². The van der Waals surface area contributed by atoms with Crippen molar-refractivity contribution in [3.8, 4) is 0 Å². The third-order valence-electron chi connectivity index (χ3n) is 4.74. The predicted molar refractivity (Wildman–Crippen MR) is 96.2 cm³/mol. The van der Waals surface area contributed by atoms with Crippen LogP contribution in [0.4, 0.5) is 0 Å². The van der Waals surface area contributed by atoms with Crippen molar-refractivity contribution in [3.05, 3.63) is 35.4 Å². The molecule has 1 aliphatic heterocycles. The van der Waals surface area contributed by atoms with Crippen molar-refractivity contribution in [3.63, 3.8) is 0 Å². The first-order chi connectivity index (χ1) is 11.3. The molecule has 5 nitrogen and oxygen atoms in total. The van der Waals surface area contributed by atoms with E-state index in [0.29, 0.717) is 6.54 Å². The number of hydrogen-bond acceptors (Lipinski definition) is 4. The summed E-state index contributed by atoms with van der Waals surface area (Å²) in [6, 6.07) is 7.66. The summed E-state index contributed by atoms with van der Waals surface area (Å²) in [5.74, 6) is -0.113. The smallest absolute Gasteiger partial charge is 0.237 e. The molecule has 0 saturated carbocycles. The highest BCUT2D eigenvalue weighted by molar-refractivity contribution is 5.82. The molecule has 1 atom stereocenters. The zero-order chi connectivity index (χ0) is 17.7. The zero-order valence-corrected chi connectivity index (χ0v) is 15.1. The van der Waals surface area contributed by atoms with Crippen molar-refractivity contribution < 1.29 is 9.90 Å². The number of likely N-dealkylation sites (tertiary alicyclic amines) is 1. The summed E-state index contributed by atoms with van der Waals surface area (Å²) < 4.78 is 0. The number of nitrogens with two attached hydrogens (primary N) is 1. The van der Waals surface area contributed by atoms with Crippen molar-refractivity contribution in [1.82, 2.24) is 10.2 Å². The second kappa shape index (κ2) is 8.10. The van der Waals surface area contributed by atoms with E-state index in [2.05, 4.69) is 22.3 Å². The van der Waals surface area contributed by atoms with E-state index in [9.17, 15) is 9.90 Å². The molecule has 1 amide bonds. The van der Waals surface area contributed by atoms with Gasteiger partial charge in [-0.05, 0) is 29.4 Å². The molecule has 1 aromatic carbocycles. The van der Waals surface area contributed by atoms with Gasteiger partial charge in [0.25, 0.3) is 0 Å². The van der Waals surface area contributed by atoms with Crippen LogP contribution in [0.25, 0.3) is 0 Å². The van der Waals surface area contributed by atoms with E-state index in [-0.39, 0.29) is 17.4 Å². The summed E-state index contributed by atoms with van der Waals surface area (Å²) in [4.78, 5) is 14.6. The molecule has 1 aromatic rings. The second-order valence-corrected chi connectivity index (χ2v) is 7.84. The molecule has 2 rings (SSSR count). The molecular weight excluding hydrogens is 302 g/mol. The number of benzene rings is 1. The lowest BCUT2D eigenvalue weighted by atomic mass is 9.87. The highest BCUT2D eigenvalue weighted by atomic mass is 16.3. The molecule has 24 heavy (non-hydrogen) atoms. The molecule has 1 heterocycles. The number of rotatable bonds is 5. The van der Waals surface area contributed by atoms with Gasteiger partial charge in [-0.25, -0.2) is 0 Å². The average Bonchev–Trinajstić information content (AvgIpc) is 2.54. The average molecular weight is 333 g/mol. The molecule has 134 valence electrons. The molecule has 1 saturated heterocycles. The lowest BCUT2D eigenvalue weighted by molar-refractivity contribution is -0.124. The molecule has 0 spiro atoms. The lowest BCUT2D eigenvalue weighted by Crippen LogP contribution is -2.48. The zero-order valence-electron chi connectivity index (χ0n) is 15.1. The fraction of sp³-hybridized carbons (Fsp3) is 0.632. The van der Waals surface area contributed by atoms with Gasteiger partial charge in [0.15, 0.2) is 0 Å². The normalized spacial score (nSPS) is 18.4. The molecule has 0 unspecified atom stereocenters. The van der Waals surface area contributed by atoms with Gasteiger partial charge in [-0.2, -0.15) is 0 Å². The Morgan fingerprint density at radius 3 is 2.46 bits per heavy atom. The van der Waals surface area contributed by atoms with Crippen molar-refractivity contribution in [2.75, 3.05) is 13.1 Å². The number of piperidine rings is 1. The number of carbonyl (C=O) groups is 1. The summed E-state index contributed by atoms with van der Waals surface area (Å²) in [6.45, 7) is 9.08. The van der Waals surface area contributed by atoms with Gasteiger partial charge in [0.2, 0.25) is 5.91 Å². The number of aliphatic hydroxyl groups excluding tert-OH is 1. The van der Waals surface area contributed by atoms with Crippen LogP contribution in [0.2, 0.25) is 0 Å². The Morgan fingerprint density at radius 1 is 1.29 bits per heavy atom. The standard InChI is InChI=1S/C19H31N3O2/c1-19(2,3)17(20)18(24)21-12-14-6-4-5-7-15(14)13-22-10-8-16(23)9-11-22/h4-7,16-17,23H,8-13,20H2,1-3H3,(H,21,24)/t17-/m1/s1. The Balaban J connectivity index is 1.95. The van der Waals surface area contributed by atoms with E-state index in [4.69, 9.17) is 5.73 Å². The number of amides is 1. The first kappa shape index (κ1) is 18.9. The fourth-order valence-corrected chi connectivity index (χ4v) is 2.89. The maximum Gasteiger partial charge on any atom is 0.237 e. The Hall–Kier alpha value is -1.43. The van der Waals surface area contributed by atoms with Gasteiger partial charge < -0.3 is 16.2 Å². The molecule has 1 fully saturated rings. The summed E-state index contributed by atoms with van der Waals surface area (Å²) in [6.07, 6.45) is 1.51. The second-order valence-electron chi connectivity index (χ2n) is 7.84. The van der Waals surface area contributed by atoms with Crippen LogP contribution < -0.4 is 11.1 Å². The van der Waals surface area contributed by atoms with Gasteiger partial charge in [-0.1, -0.05) is 45.0 Å². The molecule has 0 aromatic heterocycles. The molecule has 0 aliphatic carbocycles. The van der Waals surface area contributed by atoms with Crippen LogP contribution in [0, 0.1) is 5.41 Å². The van der Waals surface area contributed by atoms with Crippen LogP contribution in [0.1, 0.15) is 44.7 Å². The van der Waals surface area contributed by atoms with E-state index in [0.717, 1.165) is 38.0 Å². The van der Waals surface area contributed by atoms with Crippen molar-refractivity contribution >= 4 is 5.91 Å². The quantitative estimate of drug-likeness (QED) is 0.765.